The molecule has 0 saturated carbocycles. The van der Waals surface area contributed by atoms with Gasteiger partial charge in [0.25, 0.3) is 0 Å². The molecule has 0 amide bonds. The van der Waals surface area contributed by atoms with Crippen LogP contribution in [0.1, 0.15) is 45.4 Å². The Bertz CT molecular complexity index is 351. The number of hydrogen-bond acceptors (Lipinski definition) is 4. The highest BCUT2D eigenvalue weighted by Gasteiger charge is 2.26. The molecule has 2 rings (SSSR count). The number of rotatable bonds is 2. The van der Waals surface area contributed by atoms with Crippen molar-refractivity contribution < 1.29 is 5.11 Å². The molecule has 3 atom stereocenters. The summed E-state index contributed by atoms with van der Waals surface area (Å²) in [6, 6.07) is 0.557. The third-order valence-electron chi connectivity index (χ3n) is 3.56. The van der Waals surface area contributed by atoms with E-state index < -0.39 is 6.10 Å². The van der Waals surface area contributed by atoms with Crippen LogP contribution in [0.15, 0.2) is 5.38 Å². The summed E-state index contributed by atoms with van der Waals surface area (Å²) in [5.74, 6) is 0.729. The normalized spacial score (nSPS) is 28.1. The summed E-state index contributed by atoms with van der Waals surface area (Å²) < 4.78 is 0. The summed E-state index contributed by atoms with van der Waals surface area (Å²) in [7, 11) is 0. The van der Waals surface area contributed by atoms with Crippen LogP contribution in [0.3, 0.4) is 0 Å². The first-order chi connectivity index (χ1) is 7.59. The Morgan fingerprint density at radius 1 is 1.56 bits per heavy atom. The van der Waals surface area contributed by atoms with Gasteiger partial charge in [0.2, 0.25) is 0 Å². The summed E-state index contributed by atoms with van der Waals surface area (Å²) in [6.45, 7) is 7.44. The fourth-order valence-electron chi connectivity index (χ4n) is 2.21. The third-order valence-corrected chi connectivity index (χ3v) is 4.45. The van der Waals surface area contributed by atoms with Crippen LogP contribution in [-0.4, -0.2) is 22.7 Å². The molecule has 1 aromatic heterocycles. The molecule has 16 heavy (non-hydrogen) atoms. The van der Waals surface area contributed by atoms with E-state index in [9.17, 15) is 5.11 Å². The van der Waals surface area contributed by atoms with Crippen LogP contribution in [0.5, 0.6) is 0 Å². The van der Waals surface area contributed by atoms with E-state index in [-0.39, 0.29) is 0 Å². The van der Waals surface area contributed by atoms with Gasteiger partial charge in [-0.3, -0.25) is 0 Å². The van der Waals surface area contributed by atoms with Crippen molar-refractivity contribution in [2.45, 2.75) is 45.8 Å². The van der Waals surface area contributed by atoms with Crippen molar-refractivity contribution in [3.63, 3.8) is 0 Å². The Labute approximate surface area is 101 Å². The standard InChI is InChI=1S/C12H20N2OS/c1-8-5-4-6-14(9(8)2)12-13-11(7-16-12)10(3)15/h7-10,15H,4-6H2,1-3H3. The van der Waals surface area contributed by atoms with E-state index >= 15 is 0 Å². The molecule has 0 bridgehead atoms. The lowest BCUT2D eigenvalue weighted by molar-refractivity contribution is 0.195. The fourth-order valence-corrected chi connectivity index (χ4v) is 3.23. The van der Waals surface area contributed by atoms with Gasteiger partial charge in [-0.25, -0.2) is 4.98 Å². The van der Waals surface area contributed by atoms with Crippen LogP contribution in [0, 0.1) is 5.92 Å². The van der Waals surface area contributed by atoms with Crippen LogP contribution in [-0.2, 0) is 0 Å². The highest BCUT2D eigenvalue weighted by molar-refractivity contribution is 7.13. The van der Waals surface area contributed by atoms with Crippen molar-refractivity contribution >= 4 is 16.5 Å². The maximum atomic E-state index is 9.48. The summed E-state index contributed by atoms with van der Waals surface area (Å²) in [6.07, 6.45) is 2.10. The van der Waals surface area contributed by atoms with Gasteiger partial charge in [0.1, 0.15) is 0 Å². The van der Waals surface area contributed by atoms with Gasteiger partial charge in [0.05, 0.1) is 11.8 Å². The maximum absolute atomic E-state index is 9.48. The molecule has 90 valence electrons. The lowest BCUT2D eigenvalue weighted by atomic mass is 9.93. The minimum absolute atomic E-state index is 0.456. The molecule has 3 unspecified atom stereocenters. The van der Waals surface area contributed by atoms with E-state index in [1.54, 1.807) is 18.3 Å². The number of aromatic nitrogens is 1. The van der Waals surface area contributed by atoms with Crippen molar-refractivity contribution in [2.24, 2.45) is 5.92 Å². The third kappa shape index (κ3) is 2.23. The molecule has 1 saturated heterocycles. The first-order valence-corrected chi connectivity index (χ1v) is 6.87. The Kier molecular flexibility index (Phi) is 3.50. The SMILES string of the molecule is CC(O)c1csc(N2CCCC(C)C2C)n1. The molecule has 1 fully saturated rings. The topological polar surface area (TPSA) is 36.4 Å². The van der Waals surface area contributed by atoms with Crippen molar-refractivity contribution in [1.82, 2.24) is 4.98 Å². The van der Waals surface area contributed by atoms with Gasteiger partial charge in [-0.1, -0.05) is 6.92 Å². The first kappa shape index (κ1) is 11.9. The molecule has 1 N–H and O–H groups in total. The van der Waals surface area contributed by atoms with E-state index in [2.05, 4.69) is 23.7 Å². The zero-order valence-corrected chi connectivity index (χ0v) is 11.0. The summed E-state index contributed by atoms with van der Waals surface area (Å²) in [5, 5.41) is 12.5. The van der Waals surface area contributed by atoms with E-state index in [1.807, 2.05) is 5.38 Å². The van der Waals surface area contributed by atoms with Gasteiger partial charge < -0.3 is 10.0 Å². The lowest BCUT2D eigenvalue weighted by Crippen LogP contribution is -2.42. The van der Waals surface area contributed by atoms with Crippen molar-refractivity contribution in [2.75, 3.05) is 11.4 Å². The zero-order chi connectivity index (χ0) is 11.7. The van der Waals surface area contributed by atoms with Crippen LogP contribution >= 0.6 is 11.3 Å². The minimum Gasteiger partial charge on any atom is -0.387 e. The molecule has 0 radical (unpaired) electrons. The molecule has 3 nitrogen and oxygen atoms in total. The van der Waals surface area contributed by atoms with Crippen molar-refractivity contribution in [1.29, 1.82) is 0 Å². The van der Waals surface area contributed by atoms with Crippen LogP contribution in [0.2, 0.25) is 0 Å². The summed E-state index contributed by atoms with van der Waals surface area (Å²) in [4.78, 5) is 6.89. The molecule has 4 heteroatoms. The second kappa shape index (κ2) is 4.72. The zero-order valence-electron chi connectivity index (χ0n) is 10.2. The van der Waals surface area contributed by atoms with Crippen LogP contribution in [0.25, 0.3) is 0 Å². The number of anilines is 1. The summed E-state index contributed by atoms with van der Waals surface area (Å²) in [5.41, 5.74) is 0.797. The summed E-state index contributed by atoms with van der Waals surface area (Å²) >= 11 is 1.64. The fraction of sp³-hybridized carbons (Fsp3) is 0.750. The Balaban J connectivity index is 2.16. The highest BCUT2D eigenvalue weighted by atomic mass is 32.1. The minimum atomic E-state index is -0.456. The monoisotopic (exact) mass is 240 g/mol. The lowest BCUT2D eigenvalue weighted by Gasteiger charge is -2.37. The van der Waals surface area contributed by atoms with E-state index in [4.69, 9.17) is 0 Å². The smallest absolute Gasteiger partial charge is 0.185 e. The van der Waals surface area contributed by atoms with Crippen molar-refractivity contribution in [3.8, 4) is 0 Å². The highest BCUT2D eigenvalue weighted by Crippen LogP contribution is 2.31. The molecule has 1 aliphatic heterocycles. The molecule has 0 spiro atoms. The molecule has 2 heterocycles. The molecule has 1 aliphatic rings. The second-order valence-electron chi connectivity index (χ2n) is 4.78. The van der Waals surface area contributed by atoms with E-state index in [0.29, 0.717) is 6.04 Å². The van der Waals surface area contributed by atoms with Gasteiger partial charge in [0, 0.05) is 18.0 Å². The van der Waals surface area contributed by atoms with Gasteiger partial charge in [0.15, 0.2) is 5.13 Å². The van der Waals surface area contributed by atoms with Gasteiger partial charge >= 0.3 is 0 Å². The van der Waals surface area contributed by atoms with Gasteiger partial charge in [-0.05, 0) is 32.6 Å². The number of aliphatic hydroxyl groups excluding tert-OH is 1. The Morgan fingerprint density at radius 3 is 2.94 bits per heavy atom. The number of nitrogens with zero attached hydrogens (tertiary/aromatic N) is 2. The molecular weight excluding hydrogens is 220 g/mol. The number of hydrogen-bond donors (Lipinski definition) is 1. The first-order valence-electron chi connectivity index (χ1n) is 5.99. The Morgan fingerprint density at radius 2 is 2.31 bits per heavy atom. The van der Waals surface area contributed by atoms with Gasteiger partial charge in [-0.15, -0.1) is 11.3 Å². The number of aliphatic hydroxyl groups is 1. The molecule has 0 aromatic carbocycles. The van der Waals surface area contributed by atoms with Crippen molar-refractivity contribution in [3.05, 3.63) is 11.1 Å². The molecular formula is C12H20N2OS. The molecule has 1 aromatic rings. The number of piperidine rings is 1. The second-order valence-corrected chi connectivity index (χ2v) is 5.62. The molecule has 0 aliphatic carbocycles. The number of thiazole rings is 1. The van der Waals surface area contributed by atoms with Crippen LogP contribution in [0.4, 0.5) is 5.13 Å². The quantitative estimate of drug-likeness (QED) is 0.863. The van der Waals surface area contributed by atoms with E-state index in [0.717, 1.165) is 23.3 Å². The maximum Gasteiger partial charge on any atom is 0.185 e. The average molecular weight is 240 g/mol. The predicted molar refractivity (Wildman–Crippen MR) is 68.0 cm³/mol. The van der Waals surface area contributed by atoms with Gasteiger partial charge in [-0.2, -0.15) is 0 Å². The largest absolute Gasteiger partial charge is 0.387 e. The average Bonchev–Trinajstić information content (AvgIpc) is 2.71. The Hall–Kier alpha value is -0.610. The predicted octanol–water partition coefficient (Wildman–Crippen LogP) is 2.82. The van der Waals surface area contributed by atoms with Crippen LogP contribution < -0.4 is 4.90 Å². The van der Waals surface area contributed by atoms with E-state index in [1.165, 1.54) is 12.8 Å².